The van der Waals surface area contributed by atoms with Gasteiger partial charge < -0.3 is 14.7 Å². The van der Waals surface area contributed by atoms with Crippen LogP contribution in [0.5, 0.6) is 5.75 Å². The largest absolute Gasteiger partial charge is 0.511 e. The summed E-state index contributed by atoms with van der Waals surface area (Å²) in [4.78, 5) is 32.2. The first-order valence-corrected chi connectivity index (χ1v) is 13.0. The molecule has 2 aromatic rings. The normalized spacial score (nSPS) is 20.1. The summed E-state index contributed by atoms with van der Waals surface area (Å²) in [6.07, 6.45) is 2.79. The van der Waals surface area contributed by atoms with E-state index < -0.39 is 6.16 Å². The molecule has 2 heterocycles. The van der Waals surface area contributed by atoms with Gasteiger partial charge in [0.2, 0.25) is 0 Å². The average Bonchev–Trinajstić information content (AvgIpc) is 3.20. The third kappa shape index (κ3) is 5.41. The number of carboxylic acid groups (broad SMARTS) is 1. The van der Waals surface area contributed by atoms with Crippen molar-refractivity contribution in [2.45, 2.75) is 78.8 Å². The zero-order valence-electron chi connectivity index (χ0n) is 22.5. The number of benzene rings is 1. The van der Waals surface area contributed by atoms with Crippen LogP contribution in [0.25, 0.3) is 0 Å². The van der Waals surface area contributed by atoms with E-state index in [-0.39, 0.29) is 23.4 Å². The molecule has 7 nitrogen and oxygen atoms in total. The number of nitrogens with zero attached hydrogens (tertiary/aromatic N) is 3. The summed E-state index contributed by atoms with van der Waals surface area (Å²) in [5.74, 6) is 0.583. The van der Waals surface area contributed by atoms with Crippen LogP contribution < -0.4 is 9.64 Å². The van der Waals surface area contributed by atoms with Crippen LogP contribution in [0.15, 0.2) is 30.3 Å². The minimum atomic E-state index is -1.32. The molecular weight excluding hydrogens is 454 g/mol. The van der Waals surface area contributed by atoms with E-state index in [4.69, 9.17) is 9.84 Å². The van der Waals surface area contributed by atoms with Crippen LogP contribution in [-0.4, -0.2) is 52.8 Å². The van der Waals surface area contributed by atoms with Crippen molar-refractivity contribution in [3.8, 4) is 5.75 Å². The van der Waals surface area contributed by atoms with Crippen molar-refractivity contribution in [2.24, 2.45) is 5.41 Å². The maximum atomic E-state index is 14.1. The molecule has 1 aromatic carbocycles. The number of fused-ring (bicyclic) bond motifs is 1. The first-order valence-electron chi connectivity index (χ1n) is 13.0. The van der Waals surface area contributed by atoms with E-state index in [1.807, 2.05) is 26.0 Å². The van der Waals surface area contributed by atoms with Crippen molar-refractivity contribution in [1.29, 1.82) is 0 Å². The fourth-order valence-electron chi connectivity index (χ4n) is 6.19. The lowest BCUT2D eigenvalue weighted by atomic mass is 9.88. The number of pyridine rings is 1. The Hall–Kier alpha value is -2.93. The van der Waals surface area contributed by atoms with Crippen LogP contribution in [0.1, 0.15) is 75.0 Å². The summed E-state index contributed by atoms with van der Waals surface area (Å²) in [7, 11) is 2.12. The van der Waals surface area contributed by atoms with Crippen LogP contribution in [0, 0.1) is 19.3 Å². The van der Waals surface area contributed by atoms with Gasteiger partial charge >= 0.3 is 12.1 Å². The summed E-state index contributed by atoms with van der Waals surface area (Å²) in [5.41, 5.74) is 5.38. The van der Waals surface area contributed by atoms with E-state index >= 15 is 0 Å². The second-order valence-electron chi connectivity index (χ2n) is 11.9. The Labute approximate surface area is 214 Å². The molecule has 2 unspecified atom stereocenters. The van der Waals surface area contributed by atoms with E-state index in [0.29, 0.717) is 16.7 Å². The van der Waals surface area contributed by atoms with Crippen molar-refractivity contribution in [2.75, 3.05) is 25.0 Å². The number of aromatic nitrogens is 1. The predicted octanol–water partition coefficient (Wildman–Crippen LogP) is 5.82. The molecule has 2 aliphatic rings. The van der Waals surface area contributed by atoms with Crippen LogP contribution in [0.4, 0.5) is 10.5 Å². The molecule has 7 heteroatoms. The second-order valence-corrected chi connectivity index (χ2v) is 11.9. The van der Waals surface area contributed by atoms with E-state index in [2.05, 4.69) is 49.8 Å². The van der Waals surface area contributed by atoms with E-state index in [9.17, 15) is 9.59 Å². The maximum absolute atomic E-state index is 14.1. The second kappa shape index (κ2) is 9.85. The monoisotopic (exact) mass is 494 g/mol. The van der Waals surface area contributed by atoms with Gasteiger partial charge in [0, 0.05) is 55.0 Å². The predicted molar refractivity (Wildman–Crippen MR) is 140 cm³/mol. The Morgan fingerprint density at radius 1 is 1.08 bits per heavy atom. The number of hydrogen-bond acceptors (Lipinski definition) is 5. The number of carbonyl (C=O) groups is 2. The number of aryl methyl sites for hydroxylation is 3. The van der Waals surface area contributed by atoms with Gasteiger partial charge in [0.05, 0.1) is 19.5 Å². The minimum Gasteiger partial charge on any atom is -0.449 e. The molecule has 1 aliphatic carbocycles. The molecule has 36 heavy (non-hydrogen) atoms. The number of anilines is 1. The van der Waals surface area contributed by atoms with Gasteiger partial charge in [-0.1, -0.05) is 26.8 Å². The van der Waals surface area contributed by atoms with Gasteiger partial charge in [-0.25, -0.2) is 9.59 Å². The van der Waals surface area contributed by atoms with E-state index in [1.54, 1.807) is 6.07 Å². The summed E-state index contributed by atoms with van der Waals surface area (Å²) >= 11 is 0. The number of ether oxygens (including phenoxy) is 1. The highest BCUT2D eigenvalue weighted by Gasteiger charge is 2.50. The lowest BCUT2D eigenvalue weighted by Crippen LogP contribution is -2.61. The van der Waals surface area contributed by atoms with Crippen molar-refractivity contribution in [3.63, 3.8) is 0 Å². The van der Waals surface area contributed by atoms with Gasteiger partial charge in [0.15, 0.2) is 0 Å². The Morgan fingerprint density at radius 3 is 2.31 bits per heavy atom. The average molecular weight is 495 g/mol. The number of hydrogen-bond donors (Lipinski definition) is 1. The molecule has 1 amide bonds. The van der Waals surface area contributed by atoms with E-state index in [0.717, 1.165) is 55.7 Å². The zero-order chi connectivity index (χ0) is 26.3. The van der Waals surface area contributed by atoms with Gasteiger partial charge in [-0.2, -0.15) is 0 Å². The molecule has 1 fully saturated rings. The lowest BCUT2D eigenvalue weighted by molar-refractivity contribution is -0.892. The lowest BCUT2D eigenvalue weighted by Gasteiger charge is -2.48. The van der Waals surface area contributed by atoms with Crippen LogP contribution in [0.2, 0.25) is 0 Å². The van der Waals surface area contributed by atoms with Gasteiger partial charge in [-0.3, -0.25) is 9.47 Å². The first kappa shape index (κ1) is 26.1. The number of piperidine rings is 1. The number of rotatable bonds is 5. The van der Waals surface area contributed by atoms with Crippen molar-refractivity contribution < 1.29 is 23.9 Å². The molecule has 1 aromatic heterocycles. The van der Waals surface area contributed by atoms with Gasteiger partial charge in [0.1, 0.15) is 11.8 Å². The smallest absolute Gasteiger partial charge is 0.449 e. The topological polar surface area (TPSA) is 79.7 Å². The molecule has 2 atom stereocenters. The quantitative estimate of drug-likeness (QED) is 0.320. The van der Waals surface area contributed by atoms with Crippen molar-refractivity contribution in [1.82, 2.24) is 4.98 Å². The van der Waals surface area contributed by atoms with Crippen LogP contribution in [-0.2, 0) is 11.2 Å². The molecular formula is C29H40N3O4+. The highest BCUT2D eigenvalue weighted by Crippen LogP contribution is 2.46. The molecule has 0 bridgehead atoms. The molecule has 1 saturated heterocycles. The minimum absolute atomic E-state index is 0.00541. The zero-order valence-corrected chi connectivity index (χ0v) is 22.5. The fraction of sp³-hybridized carbons (Fsp3) is 0.552. The Bertz CT molecular complexity index is 1130. The molecule has 194 valence electrons. The van der Waals surface area contributed by atoms with Crippen molar-refractivity contribution in [3.05, 3.63) is 52.8 Å². The van der Waals surface area contributed by atoms with Gasteiger partial charge in [-0.05, 0) is 55.5 Å². The molecule has 4 rings (SSSR count). The molecule has 0 saturated carbocycles. The first-order chi connectivity index (χ1) is 16.9. The van der Waals surface area contributed by atoms with Crippen molar-refractivity contribution >= 4 is 17.7 Å². The molecule has 1 aliphatic heterocycles. The summed E-state index contributed by atoms with van der Waals surface area (Å²) in [6.45, 7) is 12.2. The maximum Gasteiger partial charge on any atom is 0.511 e. The number of quaternary nitrogens is 1. The summed E-state index contributed by atoms with van der Waals surface area (Å²) in [5, 5.41) is 9.13. The Morgan fingerprint density at radius 2 is 1.72 bits per heavy atom. The highest BCUT2D eigenvalue weighted by molar-refractivity contribution is 5.70. The highest BCUT2D eigenvalue weighted by atomic mass is 16.7. The molecule has 1 N–H and O–H groups in total. The standard InChI is InChI=1S/C29H39N3O4/c1-19-15-22(16-20(2)30-19)31-13-11-23(12-14-31)32(6,27(33)18-29(3,4)5)26-10-8-21-7-9-24(17-25(21)26)36-28(34)35/h7,9,15-17,23,26H,8,10-14,18H2,1-6H3/p+1. The summed E-state index contributed by atoms with van der Waals surface area (Å²) < 4.78 is 5.35. The third-order valence-corrected chi connectivity index (χ3v) is 7.89. The SMILES string of the molecule is Cc1cc(N2CCC([N+](C)(C(=O)CC(C)(C)C)C3CCc4ccc(OC(=O)O)cc43)CC2)cc(C)n1. The Balaban J connectivity index is 1.64. The van der Waals surface area contributed by atoms with Gasteiger partial charge in [-0.15, -0.1) is 0 Å². The molecule has 0 spiro atoms. The van der Waals surface area contributed by atoms with Gasteiger partial charge in [0.25, 0.3) is 0 Å². The molecule has 0 radical (unpaired) electrons. The van der Waals surface area contributed by atoms with Crippen LogP contribution >= 0.6 is 0 Å². The number of amides is 1. The van der Waals surface area contributed by atoms with Crippen LogP contribution in [0.3, 0.4) is 0 Å². The summed E-state index contributed by atoms with van der Waals surface area (Å²) in [6, 6.07) is 10.00. The number of carbonyl (C=O) groups excluding carboxylic acids is 1. The van der Waals surface area contributed by atoms with E-state index in [1.165, 1.54) is 11.3 Å². The fourth-order valence-corrected chi connectivity index (χ4v) is 6.19. The third-order valence-electron chi connectivity index (χ3n) is 7.89. The Kier molecular flexibility index (Phi) is 7.15.